The number of hydrogen-bond donors (Lipinski definition) is 3. The van der Waals surface area contributed by atoms with Gasteiger partial charge in [-0.05, 0) is 92.5 Å². The Labute approximate surface area is 406 Å². The van der Waals surface area contributed by atoms with Crippen molar-refractivity contribution in [2.75, 3.05) is 66.3 Å². The number of aromatic nitrogens is 6. The van der Waals surface area contributed by atoms with Crippen LogP contribution < -0.4 is 26.8 Å². The lowest BCUT2D eigenvalue weighted by molar-refractivity contribution is 0.0962. The number of ether oxygens (including phenoxy) is 4. The molecule has 0 spiro atoms. The number of carbonyl (C=O) groups is 1. The number of fused-ring (bicyclic) bond motifs is 2. The summed E-state index contributed by atoms with van der Waals surface area (Å²) in [7, 11) is 6.38. The van der Waals surface area contributed by atoms with Gasteiger partial charge in [0.1, 0.15) is 18.2 Å². The molecule has 6 N–H and O–H groups in total. The number of rotatable bonds is 15. The van der Waals surface area contributed by atoms with Gasteiger partial charge < -0.3 is 40.1 Å². The molecule has 2 aliphatic carbocycles. The molecule has 17 nitrogen and oxygen atoms in total. The molecule has 2 aromatic carbocycles. The summed E-state index contributed by atoms with van der Waals surface area (Å²) >= 11 is 0. The number of ketones is 1. The van der Waals surface area contributed by atoms with Crippen LogP contribution in [-0.4, -0.2) is 96.3 Å². The molecule has 19 heteroatoms. The summed E-state index contributed by atoms with van der Waals surface area (Å²) in [6.07, 6.45) is 3.60. The monoisotopic (exact) mass is 957 g/mol. The Bertz CT molecular complexity index is 2760. The molecule has 2 unspecified atom stereocenters. The van der Waals surface area contributed by atoms with Crippen molar-refractivity contribution < 1.29 is 48.1 Å². The molecule has 0 aliphatic heterocycles. The lowest BCUT2D eigenvalue weighted by Gasteiger charge is -2.27. The first-order valence-corrected chi connectivity index (χ1v) is 22.3. The van der Waals surface area contributed by atoms with Crippen molar-refractivity contribution >= 4 is 23.4 Å². The van der Waals surface area contributed by atoms with Gasteiger partial charge in [-0.25, -0.2) is 44.6 Å². The number of carbonyl (C=O) groups excluding carboxylic acids is 1. The third-order valence-corrected chi connectivity index (χ3v) is 11.4. The fourth-order valence-electron chi connectivity index (χ4n) is 8.39. The molecule has 368 valence electrons. The quantitative estimate of drug-likeness (QED) is 0.0653. The zero-order valence-electron chi connectivity index (χ0n) is 43.6. The Morgan fingerprint density at radius 2 is 1.13 bits per heavy atom. The fraction of sp³-hybridized carbons (Fsp3) is 0.360. The number of oxime groups is 1. The second-order valence-corrected chi connectivity index (χ2v) is 16.1. The molecule has 4 aromatic heterocycles. The zero-order chi connectivity index (χ0) is 53.5. The van der Waals surface area contributed by atoms with E-state index in [4.69, 9.17) is 47.1 Å². The minimum atomic E-state index is -0.367. The van der Waals surface area contributed by atoms with Crippen LogP contribution >= 0.6 is 0 Å². The molecule has 0 bridgehead atoms. The second-order valence-electron chi connectivity index (χ2n) is 16.1. The maximum absolute atomic E-state index is 14.3. The third-order valence-electron chi connectivity index (χ3n) is 11.4. The van der Waals surface area contributed by atoms with E-state index in [1.807, 2.05) is 19.1 Å². The van der Waals surface area contributed by atoms with E-state index in [9.17, 15) is 13.6 Å². The van der Waals surface area contributed by atoms with Crippen LogP contribution in [0.25, 0.3) is 22.5 Å². The van der Waals surface area contributed by atoms with Crippen molar-refractivity contribution in [2.45, 2.75) is 64.2 Å². The molecule has 0 saturated carbocycles. The Balaban J connectivity index is 0.000000267. The van der Waals surface area contributed by atoms with E-state index in [1.54, 1.807) is 64.7 Å². The summed E-state index contributed by atoms with van der Waals surface area (Å²) in [4.78, 5) is 48.8. The summed E-state index contributed by atoms with van der Waals surface area (Å²) in [5.74, 6) is 5.06. The highest BCUT2D eigenvalue weighted by molar-refractivity contribution is 6.04. The molecule has 4 heterocycles. The fourth-order valence-corrected chi connectivity index (χ4v) is 8.39. The SMILES string of the molecule is COCCCO/N=C1\CC(c2ccc(F)cc2-c2cccc(OC)n2)Cc2nc(N)nc(C)c21.COCCCON.COc1cccc(-c2cc(F)ccc2C2CC(=O)c3c(C)nc(N)nc3C2)n1.[2H][2H].[2H][2H]. The van der Waals surface area contributed by atoms with Crippen LogP contribution in [0.15, 0.2) is 78.0 Å². The van der Waals surface area contributed by atoms with Crippen LogP contribution in [-0.2, 0) is 32.0 Å². The van der Waals surface area contributed by atoms with Crippen LogP contribution in [0.2, 0.25) is 0 Å². The predicted octanol–water partition coefficient (Wildman–Crippen LogP) is 7.96. The van der Waals surface area contributed by atoms with Crippen molar-refractivity contribution in [1.29, 1.82) is 0 Å². The van der Waals surface area contributed by atoms with E-state index in [0.717, 1.165) is 53.2 Å². The Kier molecular flexibility index (Phi) is 17.4. The number of anilines is 2. The number of hydrogen-bond acceptors (Lipinski definition) is 17. The highest BCUT2D eigenvalue weighted by Gasteiger charge is 2.33. The first kappa shape index (κ1) is 48.4. The smallest absolute Gasteiger partial charge is 0.220 e. The molecule has 69 heavy (non-hydrogen) atoms. The van der Waals surface area contributed by atoms with Gasteiger partial charge in [0.15, 0.2) is 5.78 Å². The molecular formula is C50H62F2N10O7. The van der Waals surface area contributed by atoms with Gasteiger partial charge in [-0.3, -0.25) is 4.79 Å². The Morgan fingerprint density at radius 1 is 0.638 bits per heavy atom. The van der Waals surface area contributed by atoms with E-state index < -0.39 is 0 Å². The van der Waals surface area contributed by atoms with Gasteiger partial charge in [0.2, 0.25) is 23.7 Å². The van der Waals surface area contributed by atoms with Crippen molar-refractivity contribution in [3.8, 4) is 34.3 Å². The average Bonchev–Trinajstić information content (AvgIpc) is 3.39. The van der Waals surface area contributed by atoms with Gasteiger partial charge in [0.05, 0.1) is 66.3 Å². The van der Waals surface area contributed by atoms with E-state index in [2.05, 4.69) is 39.9 Å². The number of nitrogen functional groups attached to an aromatic ring is 2. The largest absolute Gasteiger partial charge is 0.481 e. The average molecular weight is 957 g/mol. The van der Waals surface area contributed by atoms with Gasteiger partial charge in [-0.15, -0.1) is 0 Å². The molecule has 0 radical (unpaired) electrons. The number of pyridine rings is 2. The van der Waals surface area contributed by atoms with Crippen molar-refractivity contribution in [3.05, 3.63) is 129 Å². The number of Topliss-reactive ketones (excluding diaryl/α,β-unsaturated/α-hetero) is 1. The summed E-state index contributed by atoms with van der Waals surface area (Å²) in [6, 6.07) is 20.1. The molecular weight excluding hydrogens is 891 g/mol. The maximum Gasteiger partial charge on any atom is 0.220 e. The lowest BCUT2D eigenvalue weighted by atomic mass is 9.79. The second kappa shape index (κ2) is 24.8. The molecule has 0 fully saturated rings. The van der Waals surface area contributed by atoms with Crippen LogP contribution in [0.1, 0.15) is 93.3 Å². The summed E-state index contributed by atoms with van der Waals surface area (Å²) in [5.41, 5.74) is 21.0. The van der Waals surface area contributed by atoms with Crippen LogP contribution in [0.4, 0.5) is 20.7 Å². The number of benzene rings is 2. The van der Waals surface area contributed by atoms with Gasteiger partial charge in [0, 0.05) is 81.5 Å². The predicted molar refractivity (Wildman–Crippen MR) is 261 cm³/mol. The van der Waals surface area contributed by atoms with Crippen molar-refractivity contribution in [1.82, 2.24) is 29.9 Å². The van der Waals surface area contributed by atoms with Crippen molar-refractivity contribution in [3.63, 3.8) is 0 Å². The highest BCUT2D eigenvalue weighted by Crippen LogP contribution is 2.40. The lowest BCUT2D eigenvalue weighted by Crippen LogP contribution is -2.24. The minimum Gasteiger partial charge on any atom is -0.481 e. The normalized spacial score (nSPS) is 15.7. The summed E-state index contributed by atoms with van der Waals surface area (Å²) in [6.45, 7) is 5.97. The first-order chi connectivity index (χ1) is 35.4. The maximum atomic E-state index is 14.3. The minimum absolute atomic E-state index is 0.0300. The van der Waals surface area contributed by atoms with E-state index in [0.29, 0.717) is 96.7 Å². The molecule has 0 amide bonds. The summed E-state index contributed by atoms with van der Waals surface area (Å²) in [5, 5.41) is 4.44. The highest BCUT2D eigenvalue weighted by atomic mass is 19.1. The number of nitrogens with two attached hydrogens (primary N) is 3. The topological polar surface area (TPSA) is 240 Å². The Morgan fingerprint density at radius 3 is 1.64 bits per heavy atom. The van der Waals surface area contributed by atoms with Crippen LogP contribution in [0.5, 0.6) is 11.8 Å². The molecule has 2 aliphatic rings. The van der Waals surface area contributed by atoms with Gasteiger partial charge in [-0.1, -0.05) is 29.4 Å². The van der Waals surface area contributed by atoms with Crippen molar-refractivity contribution in [2.24, 2.45) is 11.1 Å². The summed E-state index contributed by atoms with van der Waals surface area (Å²) < 4.78 is 68.6. The first-order valence-electron chi connectivity index (χ1n) is 24.3. The molecule has 0 saturated heterocycles. The van der Waals surface area contributed by atoms with E-state index in [1.165, 1.54) is 31.4 Å². The molecule has 6 aromatic rings. The Hall–Kier alpha value is -7.06. The van der Waals surface area contributed by atoms with E-state index in [-0.39, 0.29) is 41.2 Å². The molecule has 8 rings (SSSR count). The van der Waals surface area contributed by atoms with Crippen LogP contribution in [0.3, 0.4) is 0 Å². The number of nitrogens with zero attached hydrogens (tertiary/aromatic N) is 7. The standard InChI is InChI=1S/C25H28FN5O3.C21H19FN4O2.C4H11NO2.2H2/c1-15-24-21(30-25(27)28-15)12-16(13-22(24)31-34-11-5-10-32-2)18-9-8-17(26)14-19(18)20-6-4-7-23(29-20)33-3;1-11-20-17(26-21(23)24-11)8-12(9-18(20)27)14-7-6-13(22)10-15(14)16-4-3-5-19(25-16)28-2;1-6-3-2-4-7-5;;/h4,6-9,14,16H,5,10-13H2,1-3H3,(H2,27,28,30);3-7,10,12H,8-9H2,1-2H3,(H2,23,24,26);2-5H2,1H3;2*1H/b31-22+;;;;/i;;;2*1+1D. The number of methoxy groups -OCH3 is 4. The van der Waals surface area contributed by atoms with E-state index >= 15 is 0 Å². The number of halogens is 2. The van der Waals surface area contributed by atoms with Gasteiger partial charge in [-0.2, -0.15) is 0 Å². The van der Waals surface area contributed by atoms with Gasteiger partial charge in [0.25, 0.3) is 0 Å². The molecule has 2 atom stereocenters. The van der Waals surface area contributed by atoms with Gasteiger partial charge >= 0.3 is 0 Å². The zero-order valence-corrected chi connectivity index (χ0v) is 39.6. The van der Waals surface area contributed by atoms with Crippen LogP contribution in [0, 0.1) is 25.5 Å². The number of aryl methyl sites for hydroxylation is 2. The third kappa shape index (κ3) is 13.3.